The largest absolute Gasteiger partial charge is 0.465 e. The number of primary amides is 1. The van der Waals surface area contributed by atoms with E-state index in [0.29, 0.717) is 16.5 Å². The molecule has 0 fully saturated rings. The Kier molecular flexibility index (Phi) is 3.51. The summed E-state index contributed by atoms with van der Waals surface area (Å²) in [5.74, 6) is -1.33. The van der Waals surface area contributed by atoms with Crippen LogP contribution in [-0.2, 0) is 16.1 Å². The summed E-state index contributed by atoms with van der Waals surface area (Å²) >= 11 is 0. The van der Waals surface area contributed by atoms with Crippen LogP contribution in [-0.4, -0.2) is 34.6 Å². The van der Waals surface area contributed by atoms with Crippen molar-refractivity contribution < 1.29 is 19.1 Å². The first kappa shape index (κ1) is 13.7. The first-order chi connectivity index (χ1) is 9.43. The third kappa shape index (κ3) is 2.37. The number of esters is 1. The summed E-state index contributed by atoms with van der Waals surface area (Å²) in [6.45, 7) is 1.40. The molecule has 0 saturated carbocycles. The number of benzene rings is 1. The number of carbonyl (C=O) groups excluding carboxylic acids is 3. The summed E-state index contributed by atoms with van der Waals surface area (Å²) in [6.07, 6.45) is 0. The molecule has 2 aromatic rings. The fourth-order valence-corrected chi connectivity index (χ4v) is 1.93. The number of rotatable bonds is 4. The van der Waals surface area contributed by atoms with Gasteiger partial charge in [-0.1, -0.05) is 0 Å². The minimum atomic E-state index is -0.692. The number of Topliss-reactive ketones (excluding diaryl/α,β-unsaturated/α-hetero) is 1. The van der Waals surface area contributed by atoms with Gasteiger partial charge in [-0.25, -0.2) is 4.79 Å². The second-order valence-electron chi connectivity index (χ2n) is 4.30. The number of fused-ring (bicyclic) bond motifs is 1. The number of hydrogen-bond donors (Lipinski definition) is 1. The molecule has 7 nitrogen and oxygen atoms in total. The van der Waals surface area contributed by atoms with Crippen LogP contribution >= 0.6 is 0 Å². The standard InChI is InChI=1S/C13H13N3O4/c1-7(17)6-16-10-5-8(13(19)20-2)3-4-9(10)11(15-16)12(14)18/h3-5H,6H2,1-2H3,(H2,14,18). The molecule has 0 radical (unpaired) electrons. The molecule has 0 aliphatic rings. The molecule has 1 aromatic carbocycles. The molecule has 0 aliphatic carbocycles. The van der Waals surface area contributed by atoms with Crippen molar-refractivity contribution in [2.24, 2.45) is 5.73 Å². The maximum absolute atomic E-state index is 11.5. The average Bonchev–Trinajstić information content (AvgIpc) is 2.75. The molecule has 20 heavy (non-hydrogen) atoms. The van der Waals surface area contributed by atoms with Gasteiger partial charge >= 0.3 is 5.97 Å². The normalized spacial score (nSPS) is 10.5. The van der Waals surface area contributed by atoms with E-state index in [-0.39, 0.29) is 18.0 Å². The van der Waals surface area contributed by atoms with Crippen LogP contribution in [0.5, 0.6) is 0 Å². The molecule has 1 amide bonds. The van der Waals surface area contributed by atoms with Crippen molar-refractivity contribution in [3.63, 3.8) is 0 Å². The van der Waals surface area contributed by atoms with Crippen molar-refractivity contribution in [1.82, 2.24) is 9.78 Å². The van der Waals surface area contributed by atoms with Gasteiger partial charge in [0.05, 0.1) is 24.7 Å². The van der Waals surface area contributed by atoms with E-state index in [9.17, 15) is 14.4 Å². The quantitative estimate of drug-likeness (QED) is 0.819. The number of carbonyl (C=O) groups is 3. The maximum Gasteiger partial charge on any atom is 0.337 e. The highest BCUT2D eigenvalue weighted by Gasteiger charge is 2.17. The van der Waals surface area contributed by atoms with E-state index in [1.807, 2.05) is 0 Å². The second-order valence-corrected chi connectivity index (χ2v) is 4.30. The number of nitrogens with two attached hydrogens (primary N) is 1. The number of aromatic nitrogens is 2. The molecule has 2 rings (SSSR count). The topological polar surface area (TPSA) is 104 Å². The summed E-state index contributed by atoms with van der Waals surface area (Å²) in [6, 6.07) is 4.59. The highest BCUT2D eigenvalue weighted by molar-refractivity contribution is 6.05. The van der Waals surface area contributed by atoms with Crippen LogP contribution in [0.1, 0.15) is 27.8 Å². The fraction of sp³-hybridized carbons (Fsp3) is 0.231. The Morgan fingerprint density at radius 1 is 1.35 bits per heavy atom. The lowest BCUT2D eigenvalue weighted by molar-refractivity contribution is -0.117. The summed E-state index contributed by atoms with van der Waals surface area (Å²) < 4.78 is 5.98. The molecular weight excluding hydrogens is 262 g/mol. The molecule has 0 atom stereocenters. The van der Waals surface area contributed by atoms with E-state index >= 15 is 0 Å². The van der Waals surface area contributed by atoms with Gasteiger partial charge in [-0.3, -0.25) is 14.3 Å². The predicted molar refractivity (Wildman–Crippen MR) is 70.3 cm³/mol. The van der Waals surface area contributed by atoms with Crippen molar-refractivity contribution in [3.8, 4) is 0 Å². The Balaban J connectivity index is 2.67. The number of methoxy groups -OCH3 is 1. The van der Waals surface area contributed by atoms with Crippen molar-refractivity contribution >= 4 is 28.6 Å². The van der Waals surface area contributed by atoms with E-state index in [0.717, 1.165) is 0 Å². The Morgan fingerprint density at radius 3 is 2.60 bits per heavy atom. The zero-order valence-corrected chi connectivity index (χ0v) is 11.0. The SMILES string of the molecule is COC(=O)c1ccc2c(C(N)=O)nn(CC(C)=O)c2c1. The lowest BCUT2D eigenvalue weighted by atomic mass is 10.1. The molecular formula is C13H13N3O4. The fourth-order valence-electron chi connectivity index (χ4n) is 1.93. The minimum absolute atomic E-state index is 0.00555. The van der Waals surface area contributed by atoms with E-state index in [1.165, 1.54) is 30.8 Å². The summed E-state index contributed by atoms with van der Waals surface area (Å²) in [4.78, 5) is 34.1. The van der Waals surface area contributed by atoms with Crippen LogP contribution in [0.2, 0.25) is 0 Å². The molecule has 0 aliphatic heterocycles. The van der Waals surface area contributed by atoms with Crippen LogP contribution in [0.25, 0.3) is 10.9 Å². The lowest BCUT2D eigenvalue weighted by Crippen LogP contribution is -2.14. The smallest absolute Gasteiger partial charge is 0.337 e. The van der Waals surface area contributed by atoms with Crippen molar-refractivity contribution in [2.75, 3.05) is 7.11 Å². The highest BCUT2D eigenvalue weighted by atomic mass is 16.5. The van der Waals surface area contributed by atoms with Gasteiger partial charge in [-0.05, 0) is 25.1 Å². The van der Waals surface area contributed by atoms with Gasteiger partial charge < -0.3 is 10.5 Å². The molecule has 0 bridgehead atoms. The monoisotopic (exact) mass is 275 g/mol. The number of nitrogens with zero attached hydrogens (tertiary/aromatic N) is 2. The van der Waals surface area contributed by atoms with Gasteiger partial charge in [0.1, 0.15) is 0 Å². The van der Waals surface area contributed by atoms with E-state index in [1.54, 1.807) is 6.07 Å². The number of ketones is 1. The van der Waals surface area contributed by atoms with Crippen molar-refractivity contribution in [1.29, 1.82) is 0 Å². The second kappa shape index (κ2) is 5.12. The number of hydrogen-bond acceptors (Lipinski definition) is 5. The minimum Gasteiger partial charge on any atom is -0.465 e. The molecule has 0 spiro atoms. The zero-order chi connectivity index (χ0) is 14.9. The number of amides is 1. The molecule has 104 valence electrons. The summed E-state index contributed by atoms with van der Waals surface area (Å²) in [5.41, 5.74) is 6.11. The third-order valence-corrected chi connectivity index (χ3v) is 2.78. The molecule has 2 N–H and O–H groups in total. The average molecular weight is 275 g/mol. The Morgan fingerprint density at radius 2 is 2.05 bits per heavy atom. The predicted octanol–water partition coefficient (Wildman–Crippen LogP) is 0.511. The van der Waals surface area contributed by atoms with E-state index in [4.69, 9.17) is 5.73 Å². The first-order valence-corrected chi connectivity index (χ1v) is 5.82. The molecule has 0 unspecified atom stereocenters. The van der Waals surface area contributed by atoms with Crippen molar-refractivity contribution in [2.45, 2.75) is 13.5 Å². The van der Waals surface area contributed by atoms with Gasteiger partial charge in [-0.2, -0.15) is 5.10 Å². The van der Waals surface area contributed by atoms with E-state index in [2.05, 4.69) is 9.84 Å². The van der Waals surface area contributed by atoms with Gasteiger partial charge in [-0.15, -0.1) is 0 Å². The lowest BCUT2D eigenvalue weighted by Gasteiger charge is -2.02. The van der Waals surface area contributed by atoms with Crippen LogP contribution in [0.3, 0.4) is 0 Å². The van der Waals surface area contributed by atoms with E-state index < -0.39 is 11.9 Å². The highest BCUT2D eigenvalue weighted by Crippen LogP contribution is 2.20. The van der Waals surface area contributed by atoms with Crippen LogP contribution in [0.4, 0.5) is 0 Å². The number of ether oxygens (including phenoxy) is 1. The van der Waals surface area contributed by atoms with Crippen LogP contribution < -0.4 is 5.73 Å². The molecule has 7 heteroatoms. The Hall–Kier alpha value is -2.70. The van der Waals surface area contributed by atoms with Gasteiger partial charge in [0.15, 0.2) is 11.5 Å². The molecule has 1 heterocycles. The Bertz CT molecular complexity index is 718. The first-order valence-electron chi connectivity index (χ1n) is 5.82. The van der Waals surface area contributed by atoms with Crippen LogP contribution in [0, 0.1) is 0 Å². The molecule has 1 aromatic heterocycles. The summed E-state index contributed by atoms with van der Waals surface area (Å²) in [7, 11) is 1.27. The van der Waals surface area contributed by atoms with Gasteiger partial charge in [0.2, 0.25) is 0 Å². The van der Waals surface area contributed by atoms with Crippen LogP contribution in [0.15, 0.2) is 18.2 Å². The maximum atomic E-state index is 11.5. The zero-order valence-electron chi connectivity index (χ0n) is 11.0. The van der Waals surface area contributed by atoms with Crippen molar-refractivity contribution in [3.05, 3.63) is 29.5 Å². The summed E-state index contributed by atoms with van der Waals surface area (Å²) in [5, 5.41) is 4.52. The molecule has 0 saturated heterocycles. The third-order valence-electron chi connectivity index (χ3n) is 2.78. The van der Waals surface area contributed by atoms with Gasteiger partial charge in [0, 0.05) is 5.39 Å². The Labute approximate surface area is 114 Å². The van der Waals surface area contributed by atoms with Gasteiger partial charge in [0.25, 0.3) is 5.91 Å².